The first kappa shape index (κ1) is 24.1. The van der Waals surface area contributed by atoms with E-state index < -0.39 is 11.7 Å². The highest BCUT2D eigenvalue weighted by Crippen LogP contribution is 2.35. The molecule has 1 aliphatic rings. The summed E-state index contributed by atoms with van der Waals surface area (Å²) in [7, 11) is 0. The summed E-state index contributed by atoms with van der Waals surface area (Å²) in [5.74, 6) is 0.292. The topological polar surface area (TPSA) is 32.3 Å². The van der Waals surface area contributed by atoms with Crippen molar-refractivity contribution in [1.82, 2.24) is 0 Å². The number of alkyl halides is 3. The number of carbonyl (C=O) groups is 1. The Morgan fingerprint density at radius 3 is 2.00 bits per heavy atom. The van der Waals surface area contributed by atoms with E-state index in [1.54, 1.807) is 12.1 Å². The zero-order valence-corrected chi connectivity index (χ0v) is 19.6. The molecular weight excluding hydrogens is 413 g/mol. The SMILES string of the molecule is Cc1cc(N2CCC(c3ccc(C(F)(F)F)cc3)CC2)cc(C)c1NC(=O)CC(C)(C)C. The molecule has 6 heteroatoms. The molecule has 0 radical (unpaired) electrons. The number of benzene rings is 2. The van der Waals surface area contributed by atoms with Gasteiger partial charge in [-0.3, -0.25) is 4.79 Å². The molecule has 3 rings (SSSR count). The van der Waals surface area contributed by atoms with Crippen LogP contribution in [0.1, 0.15) is 68.2 Å². The Labute approximate surface area is 189 Å². The number of piperidine rings is 1. The number of aryl methyl sites for hydroxylation is 2. The summed E-state index contributed by atoms with van der Waals surface area (Å²) >= 11 is 0. The standard InChI is InChI=1S/C26H33F3N2O/c1-17-14-22(15-18(2)24(17)30-23(32)16-25(3,4)5)31-12-10-20(11-13-31)19-6-8-21(9-7-19)26(27,28)29/h6-9,14-15,20H,10-13,16H2,1-5H3,(H,30,32). The van der Waals surface area contributed by atoms with Crippen LogP contribution in [0.25, 0.3) is 0 Å². The molecule has 0 saturated carbocycles. The van der Waals surface area contributed by atoms with Crippen LogP contribution in [-0.4, -0.2) is 19.0 Å². The lowest BCUT2D eigenvalue weighted by Gasteiger charge is -2.34. The van der Waals surface area contributed by atoms with E-state index in [9.17, 15) is 18.0 Å². The predicted octanol–water partition coefficient (Wildman–Crippen LogP) is 7.08. The van der Waals surface area contributed by atoms with E-state index in [4.69, 9.17) is 0 Å². The van der Waals surface area contributed by atoms with E-state index in [2.05, 4.69) is 22.3 Å². The molecule has 1 fully saturated rings. The van der Waals surface area contributed by atoms with Crippen molar-refractivity contribution in [3.05, 3.63) is 58.7 Å². The molecule has 0 atom stereocenters. The first-order valence-electron chi connectivity index (χ1n) is 11.2. The van der Waals surface area contributed by atoms with Crippen LogP contribution in [-0.2, 0) is 11.0 Å². The Kier molecular flexibility index (Phi) is 6.91. The molecule has 0 spiro atoms. The van der Waals surface area contributed by atoms with Crippen LogP contribution in [0.2, 0.25) is 0 Å². The zero-order valence-electron chi connectivity index (χ0n) is 19.6. The van der Waals surface area contributed by atoms with Gasteiger partial charge in [0.1, 0.15) is 0 Å². The molecule has 1 saturated heterocycles. The maximum atomic E-state index is 12.8. The van der Waals surface area contributed by atoms with Gasteiger partial charge in [0.2, 0.25) is 5.91 Å². The van der Waals surface area contributed by atoms with Gasteiger partial charge < -0.3 is 10.2 Å². The van der Waals surface area contributed by atoms with Gasteiger partial charge in [0.15, 0.2) is 0 Å². The molecule has 2 aromatic carbocycles. The molecule has 0 unspecified atom stereocenters. The Morgan fingerprint density at radius 1 is 1.00 bits per heavy atom. The third-order valence-electron chi connectivity index (χ3n) is 6.04. The predicted molar refractivity (Wildman–Crippen MR) is 124 cm³/mol. The highest BCUT2D eigenvalue weighted by atomic mass is 19.4. The van der Waals surface area contributed by atoms with Crippen molar-refractivity contribution in [3.63, 3.8) is 0 Å². The fourth-order valence-corrected chi connectivity index (χ4v) is 4.40. The van der Waals surface area contributed by atoms with Crippen molar-refractivity contribution >= 4 is 17.3 Å². The van der Waals surface area contributed by atoms with E-state index in [0.29, 0.717) is 6.42 Å². The number of halogens is 3. The van der Waals surface area contributed by atoms with Crippen molar-refractivity contribution in [2.45, 2.75) is 66.0 Å². The molecule has 1 heterocycles. The van der Waals surface area contributed by atoms with Gasteiger partial charge in [-0.2, -0.15) is 13.2 Å². The maximum absolute atomic E-state index is 12.8. The van der Waals surface area contributed by atoms with Crippen LogP contribution in [0.15, 0.2) is 36.4 Å². The first-order valence-corrected chi connectivity index (χ1v) is 11.2. The minimum absolute atomic E-state index is 0.0220. The largest absolute Gasteiger partial charge is 0.416 e. The highest BCUT2D eigenvalue weighted by molar-refractivity contribution is 5.93. The Hall–Kier alpha value is -2.50. The fourth-order valence-electron chi connectivity index (χ4n) is 4.40. The third kappa shape index (κ3) is 6.05. The van der Waals surface area contributed by atoms with Gasteiger partial charge in [-0.1, -0.05) is 32.9 Å². The second-order valence-electron chi connectivity index (χ2n) is 10.1. The van der Waals surface area contributed by atoms with Crippen LogP contribution in [0.4, 0.5) is 24.5 Å². The summed E-state index contributed by atoms with van der Waals surface area (Å²) in [5, 5.41) is 3.07. The number of carbonyl (C=O) groups excluding carboxylic acids is 1. The van der Waals surface area contributed by atoms with Gasteiger partial charge in [-0.05, 0) is 79.0 Å². The number of amides is 1. The molecular formula is C26H33F3N2O. The van der Waals surface area contributed by atoms with E-state index in [1.807, 2.05) is 34.6 Å². The van der Waals surface area contributed by atoms with Crippen LogP contribution in [0.3, 0.4) is 0 Å². The molecule has 3 nitrogen and oxygen atoms in total. The molecule has 2 aromatic rings. The van der Waals surface area contributed by atoms with Gasteiger partial charge in [-0.15, -0.1) is 0 Å². The first-order chi connectivity index (χ1) is 14.8. The monoisotopic (exact) mass is 446 g/mol. The summed E-state index contributed by atoms with van der Waals surface area (Å²) in [6, 6.07) is 9.82. The second-order valence-corrected chi connectivity index (χ2v) is 10.1. The minimum atomic E-state index is -4.30. The quantitative estimate of drug-likeness (QED) is 0.544. The van der Waals surface area contributed by atoms with Crippen LogP contribution in [0.5, 0.6) is 0 Å². The number of rotatable bonds is 4. The van der Waals surface area contributed by atoms with E-state index in [1.165, 1.54) is 12.1 Å². The lowest BCUT2D eigenvalue weighted by atomic mass is 9.88. The Bertz CT molecular complexity index is 928. The molecule has 0 aliphatic carbocycles. The van der Waals surface area contributed by atoms with Crippen molar-refractivity contribution in [2.75, 3.05) is 23.3 Å². The van der Waals surface area contributed by atoms with Crippen LogP contribution in [0, 0.1) is 19.3 Å². The van der Waals surface area contributed by atoms with Gasteiger partial charge in [0, 0.05) is 30.9 Å². The van der Waals surface area contributed by atoms with E-state index in [-0.39, 0.29) is 17.2 Å². The molecule has 32 heavy (non-hydrogen) atoms. The molecule has 174 valence electrons. The number of nitrogens with one attached hydrogen (secondary N) is 1. The van der Waals surface area contributed by atoms with Crippen molar-refractivity contribution in [1.29, 1.82) is 0 Å². The zero-order chi connectivity index (χ0) is 23.7. The summed E-state index contributed by atoms with van der Waals surface area (Å²) in [6.45, 7) is 11.9. The number of hydrogen-bond donors (Lipinski definition) is 1. The third-order valence-corrected chi connectivity index (χ3v) is 6.04. The van der Waals surface area contributed by atoms with Gasteiger partial charge in [-0.25, -0.2) is 0 Å². The molecule has 1 N–H and O–H groups in total. The van der Waals surface area contributed by atoms with Gasteiger partial charge in [0.25, 0.3) is 0 Å². The number of anilines is 2. The molecule has 0 bridgehead atoms. The smallest absolute Gasteiger partial charge is 0.371 e. The van der Waals surface area contributed by atoms with Crippen molar-refractivity contribution in [3.8, 4) is 0 Å². The summed E-state index contributed by atoms with van der Waals surface area (Å²) in [6.07, 6.45) is -2.04. The second kappa shape index (κ2) is 9.16. The van der Waals surface area contributed by atoms with Crippen molar-refractivity contribution in [2.24, 2.45) is 5.41 Å². The fraction of sp³-hybridized carbons (Fsp3) is 0.500. The minimum Gasteiger partial charge on any atom is -0.371 e. The molecule has 1 aliphatic heterocycles. The number of nitrogens with zero attached hydrogens (tertiary/aromatic N) is 1. The average Bonchev–Trinajstić information content (AvgIpc) is 2.69. The summed E-state index contributed by atoms with van der Waals surface area (Å²) < 4.78 is 38.4. The number of hydrogen-bond acceptors (Lipinski definition) is 2. The Morgan fingerprint density at radius 2 is 1.53 bits per heavy atom. The van der Waals surface area contributed by atoms with E-state index in [0.717, 1.165) is 54.0 Å². The van der Waals surface area contributed by atoms with Crippen LogP contribution >= 0.6 is 0 Å². The Balaban J connectivity index is 1.65. The van der Waals surface area contributed by atoms with Crippen molar-refractivity contribution < 1.29 is 18.0 Å². The van der Waals surface area contributed by atoms with Crippen LogP contribution < -0.4 is 10.2 Å². The molecule has 1 amide bonds. The maximum Gasteiger partial charge on any atom is 0.416 e. The highest BCUT2D eigenvalue weighted by Gasteiger charge is 2.30. The molecule has 0 aromatic heterocycles. The van der Waals surface area contributed by atoms with Gasteiger partial charge >= 0.3 is 6.18 Å². The normalized spacial score (nSPS) is 15.7. The summed E-state index contributed by atoms with van der Waals surface area (Å²) in [5.41, 5.74) is 4.38. The summed E-state index contributed by atoms with van der Waals surface area (Å²) in [4.78, 5) is 14.7. The average molecular weight is 447 g/mol. The lowest BCUT2D eigenvalue weighted by Crippen LogP contribution is -2.33. The van der Waals surface area contributed by atoms with E-state index >= 15 is 0 Å². The van der Waals surface area contributed by atoms with Gasteiger partial charge in [0.05, 0.1) is 5.56 Å². The lowest BCUT2D eigenvalue weighted by molar-refractivity contribution is -0.137.